The number of halogens is 1. The number of sulfonamides is 1. The molecule has 1 heterocycles. The third-order valence-corrected chi connectivity index (χ3v) is 5.36. The number of hydrogen-bond acceptors (Lipinski definition) is 3. The molecule has 0 atom stereocenters. The van der Waals surface area contributed by atoms with Crippen LogP contribution in [0.4, 0.5) is 15.8 Å². The molecule has 3 rings (SSSR count). The third-order valence-electron chi connectivity index (χ3n) is 4.00. The molecule has 1 aliphatic heterocycles. The molecule has 0 aromatic heterocycles. The van der Waals surface area contributed by atoms with Crippen LogP contribution in [-0.4, -0.2) is 20.9 Å². The number of nitrogens with one attached hydrogen (secondary N) is 1. The predicted molar refractivity (Wildman–Crippen MR) is 90.0 cm³/mol. The highest BCUT2D eigenvalue weighted by Gasteiger charge is 2.25. The quantitative estimate of drug-likeness (QED) is 0.924. The Morgan fingerprint density at radius 2 is 1.92 bits per heavy atom. The molecule has 0 aliphatic carbocycles. The highest BCUT2D eigenvalue weighted by molar-refractivity contribution is 7.92. The Kier molecular flexibility index (Phi) is 4.28. The van der Waals surface area contributed by atoms with E-state index in [-0.39, 0.29) is 16.5 Å². The Labute approximate surface area is 140 Å². The molecule has 1 N–H and O–H groups in total. The van der Waals surface area contributed by atoms with Gasteiger partial charge < -0.3 is 4.90 Å². The number of anilines is 2. The Hall–Kier alpha value is -2.41. The van der Waals surface area contributed by atoms with Crippen molar-refractivity contribution in [2.45, 2.75) is 24.7 Å². The zero-order chi connectivity index (χ0) is 17.3. The lowest BCUT2D eigenvalue weighted by Crippen LogP contribution is -2.34. The minimum absolute atomic E-state index is 0.0325. The summed E-state index contributed by atoms with van der Waals surface area (Å²) in [5.41, 5.74) is 1.44. The highest BCUT2D eigenvalue weighted by Crippen LogP contribution is 2.30. The molecule has 1 aliphatic rings. The van der Waals surface area contributed by atoms with E-state index >= 15 is 0 Å². The average Bonchev–Trinajstić information content (AvgIpc) is 2.56. The summed E-state index contributed by atoms with van der Waals surface area (Å²) in [5.74, 6) is -0.605. The summed E-state index contributed by atoms with van der Waals surface area (Å²) < 4.78 is 40.9. The van der Waals surface area contributed by atoms with Gasteiger partial charge in [-0.05, 0) is 49.2 Å². The first kappa shape index (κ1) is 16.4. The average molecular weight is 348 g/mol. The first-order chi connectivity index (χ1) is 11.4. The zero-order valence-corrected chi connectivity index (χ0v) is 13.9. The van der Waals surface area contributed by atoms with Gasteiger partial charge in [-0.25, -0.2) is 12.8 Å². The minimum atomic E-state index is -3.90. The SMILES string of the molecule is CCN1C(=O)CCc2cc(S(=O)(=O)Nc3ccccc3F)ccc21. The number of amides is 1. The molecule has 2 aromatic carbocycles. The molecule has 2 aromatic rings. The fourth-order valence-electron chi connectivity index (χ4n) is 2.80. The van der Waals surface area contributed by atoms with Crippen LogP contribution < -0.4 is 9.62 Å². The van der Waals surface area contributed by atoms with Crippen molar-refractivity contribution >= 4 is 27.3 Å². The van der Waals surface area contributed by atoms with Crippen molar-refractivity contribution in [2.75, 3.05) is 16.2 Å². The van der Waals surface area contributed by atoms with Gasteiger partial charge in [-0.1, -0.05) is 12.1 Å². The van der Waals surface area contributed by atoms with E-state index in [0.29, 0.717) is 19.4 Å². The molecule has 7 heteroatoms. The maximum Gasteiger partial charge on any atom is 0.261 e. The zero-order valence-electron chi connectivity index (χ0n) is 13.1. The van der Waals surface area contributed by atoms with Crippen LogP contribution in [-0.2, 0) is 21.2 Å². The smallest absolute Gasteiger partial charge is 0.261 e. The number of hydrogen-bond donors (Lipinski definition) is 1. The normalized spacial score (nSPS) is 14.4. The van der Waals surface area contributed by atoms with E-state index < -0.39 is 15.8 Å². The number of carbonyl (C=O) groups is 1. The Morgan fingerprint density at radius 1 is 1.17 bits per heavy atom. The van der Waals surface area contributed by atoms with Crippen molar-refractivity contribution in [1.82, 2.24) is 0 Å². The van der Waals surface area contributed by atoms with Crippen LogP contribution >= 0.6 is 0 Å². The second-order valence-corrected chi connectivity index (χ2v) is 7.20. The lowest BCUT2D eigenvalue weighted by molar-refractivity contribution is -0.118. The maximum absolute atomic E-state index is 13.7. The number of benzene rings is 2. The van der Waals surface area contributed by atoms with E-state index in [1.807, 2.05) is 6.92 Å². The van der Waals surface area contributed by atoms with Crippen molar-refractivity contribution in [2.24, 2.45) is 0 Å². The lowest BCUT2D eigenvalue weighted by atomic mass is 10.0. The topological polar surface area (TPSA) is 66.5 Å². The number of fused-ring (bicyclic) bond motifs is 1. The van der Waals surface area contributed by atoms with Gasteiger partial charge in [-0.2, -0.15) is 0 Å². The molecular weight excluding hydrogens is 331 g/mol. The largest absolute Gasteiger partial charge is 0.312 e. The summed E-state index contributed by atoms with van der Waals surface area (Å²) in [7, 11) is -3.90. The molecule has 126 valence electrons. The minimum Gasteiger partial charge on any atom is -0.312 e. The standard InChI is InChI=1S/C17H17FN2O3S/c1-2-20-16-9-8-13(11-12(16)7-10-17(20)21)24(22,23)19-15-6-4-3-5-14(15)18/h3-6,8-9,11,19H,2,7,10H2,1H3. The molecule has 0 spiro atoms. The summed E-state index contributed by atoms with van der Waals surface area (Å²) >= 11 is 0. The third kappa shape index (κ3) is 2.99. The van der Waals surface area contributed by atoms with Gasteiger partial charge in [0, 0.05) is 18.7 Å². The van der Waals surface area contributed by atoms with Gasteiger partial charge in [-0.3, -0.25) is 9.52 Å². The Balaban J connectivity index is 1.95. The number of aryl methyl sites for hydroxylation is 1. The van der Waals surface area contributed by atoms with Crippen LogP contribution in [0.25, 0.3) is 0 Å². The summed E-state index contributed by atoms with van der Waals surface area (Å²) in [6.45, 7) is 2.41. The van der Waals surface area contributed by atoms with Crippen LogP contribution in [0.3, 0.4) is 0 Å². The molecule has 0 saturated carbocycles. The first-order valence-corrected chi connectivity index (χ1v) is 9.11. The van der Waals surface area contributed by atoms with Crippen molar-refractivity contribution in [3.63, 3.8) is 0 Å². The van der Waals surface area contributed by atoms with Crippen LogP contribution in [0.1, 0.15) is 18.9 Å². The molecule has 0 saturated heterocycles. The summed E-state index contributed by atoms with van der Waals surface area (Å²) in [5, 5.41) is 0. The van der Waals surface area contributed by atoms with Crippen LogP contribution in [0, 0.1) is 5.82 Å². The van der Waals surface area contributed by atoms with Crippen LogP contribution in [0.5, 0.6) is 0 Å². The van der Waals surface area contributed by atoms with Gasteiger partial charge >= 0.3 is 0 Å². The number of carbonyl (C=O) groups excluding carboxylic acids is 1. The van der Waals surface area contributed by atoms with E-state index in [9.17, 15) is 17.6 Å². The Bertz CT molecular complexity index is 896. The molecule has 0 unspecified atom stereocenters. The lowest BCUT2D eigenvalue weighted by Gasteiger charge is -2.28. The molecular formula is C17H17FN2O3S. The number of rotatable bonds is 4. The summed E-state index contributed by atoms with van der Waals surface area (Å²) in [6.07, 6.45) is 0.846. The number of para-hydroxylation sites is 1. The van der Waals surface area contributed by atoms with E-state index in [1.165, 1.54) is 24.3 Å². The van der Waals surface area contributed by atoms with Gasteiger partial charge in [0.2, 0.25) is 5.91 Å². The van der Waals surface area contributed by atoms with Crippen molar-refractivity contribution in [1.29, 1.82) is 0 Å². The summed E-state index contributed by atoms with van der Waals surface area (Å²) in [4.78, 5) is 13.6. The predicted octanol–water partition coefficient (Wildman–Crippen LogP) is 2.93. The van der Waals surface area contributed by atoms with Gasteiger partial charge in [0.25, 0.3) is 10.0 Å². The second-order valence-electron chi connectivity index (χ2n) is 5.51. The van der Waals surface area contributed by atoms with Crippen LogP contribution in [0.2, 0.25) is 0 Å². The van der Waals surface area contributed by atoms with Crippen molar-refractivity contribution < 1.29 is 17.6 Å². The monoisotopic (exact) mass is 348 g/mol. The molecule has 1 amide bonds. The summed E-state index contributed by atoms with van der Waals surface area (Å²) in [6, 6.07) is 10.2. The van der Waals surface area contributed by atoms with E-state index in [0.717, 1.165) is 11.3 Å². The fourth-order valence-corrected chi connectivity index (χ4v) is 3.92. The fraction of sp³-hybridized carbons (Fsp3) is 0.235. The maximum atomic E-state index is 13.7. The van der Waals surface area contributed by atoms with Crippen LogP contribution in [0.15, 0.2) is 47.4 Å². The molecule has 0 fully saturated rings. The second kappa shape index (κ2) is 6.24. The molecule has 5 nitrogen and oxygen atoms in total. The van der Waals surface area contributed by atoms with E-state index in [2.05, 4.69) is 4.72 Å². The number of nitrogens with zero attached hydrogens (tertiary/aromatic N) is 1. The van der Waals surface area contributed by atoms with Gasteiger partial charge in [0.15, 0.2) is 0 Å². The molecule has 0 bridgehead atoms. The highest BCUT2D eigenvalue weighted by atomic mass is 32.2. The van der Waals surface area contributed by atoms with Crippen molar-refractivity contribution in [3.8, 4) is 0 Å². The van der Waals surface area contributed by atoms with Crippen molar-refractivity contribution in [3.05, 3.63) is 53.8 Å². The van der Waals surface area contributed by atoms with Gasteiger partial charge in [0.1, 0.15) is 5.82 Å². The van der Waals surface area contributed by atoms with E-state index in [4.69, 9.17) is 0 Å². The van der Waals surface area contributed by atoms with Gasteiger partial charge in [-0.15, -0.1) is 0 Å². The Morgan fingerprint density at radius 3 is 2.62 bits per heavy atom. The molecule has 0 radical (unpaired) electrons. The molecule has 24 heavy (non-hydrogen) atoms. The van der Waals surface area contributed by atoms with E-state index in [1.54, 1.807) is 23.1 Å². The van der Waals surface area contributed by atoms with Gasteiger partial charge in [0.05, 0.1) is 10.6 Å². The first-order valence-electron chi connectivity index (χ1n) is 7.63.